The Morgan fingerprint density at radius 3 is 2.64 bits per heavy atom. The third-order valence-corrected chi connectivity index (χ3v) is 6.11. The molecule has 0 unspecified atom stereocenters. The van der Waals surface area contributed by atoms with Gasteiger partial charge in [0, 0.05) is 13.1 Å². The van der Waals surface area contributed by atoms with Crippen LogP contribution in [0.4, 0.5) is 11.8 Å². The molecule has 148 valence electrons. The zero-order valence-electron chi connectivity index (χ0n) is 16.1. The molecule has 0 atom stereocenters. The van der Waals surface area contributed by atoms with E-state index in [1.165, 1.54) is 37.7 Å². The van der Waals surface area contributed by atoms with E-state index in [2.05, 4.69) is 60.0 Å². The number of nitrogen functional groups attached to an aromatic ring is 1. The van der Waals surface area contributed by atoms with Crippen molar-refractivity contribution in [3.05, 3.63) is 40.6 Å². The van der Waals surface area contributed by atoms with Crippen molar-refractivity contribution < 1.29 is 0 Å². The van der Waals surface area contributed by atoms with E-state index in [-0.39, 0.29) is 0 Å². The number of imidazole rings is 1. The Hall–Kier alpha value is -2.15. The van der Waals surface area contributed by atoms with Crippen molar-refractivity contribution in [2.24, 2.45) is 5.92 Å². The van der Waals surface area contributed by atoms with Crippen LogP contribution in [0.25, 0.3) is 11.2 Å². The molecule has 4 rings (SSSR count). The summed E-state index contributed by atoms with van der Waals surface area (Å²) in [4.78, 5) is 13.7. The average molecular weight is 443 g/mol. The van der Waals surface area contributed by atoms with Gasteiger partial charge in [-0.1, -0.05) is 49.6 Å². The smallest absolute Gasteiger partial charge is 0.226 e. The lowest BCUT2D eigenvalue weighted by molar-refractivity contribution is 0.320. The lowest BCUT2D eigenvalue weighted by Gasteiger charge is -2.22. The number of benzene rings is 1. The van der Waals surface area contributed by atoms with E-state index < -0.39 is 0 Å². The molecular formula is C21H27BrN6. The molecule has 0 radical (unpaired) electrons. The fourth-order valence-electron chi connectivity index (χ4n) is 4.00. The summed E-state index contributed by atoms with van der Waals surface area (Å²) in [6.07, 6.45) is 8.58. The van der Waals surface area contributed by atoms with E-state index in [1.54, 1.807) is 0 Å². The number of nitrogens with zero attached hydrogens (tertiary/aromatic N) is 4. The molecule has 28 heavy (non-hydrogen) atoms. The summed E-state index contributed by atoms with van der Waals surface area (Å²) in [7, 11) is 0. The van der Waals surface area contributed by atoms with E-state index >= 15 is 0 Å². The second-order valence-electron chi connectivity index (χ2n) is 7.62. The molecule has 2 heterocycles. The monoisotopic (exact) mass is 442 g/mol. The van der Waals surface area contributed by atoms with Gasteiger partial charge < -0.3 is 15.6 Å². The Labute approximate surface area is 174 Å². The van der Waals surface area contributed by atoms with Crippen molar-refractivity contribution in [3.63, 3.8) is 0 Å². The molecular weight excluding hydrogens is 416 g/mol. The lowest BCUT2D eigenvalue weighted by atomic mass is 9.89. The largest absolute Gasteiger partial charge is 0.382 e. The summed E-state index contributed by atoms with van der Waals surface area (Å²) in [5.74, 6) is 1.69. The van der Waals surface area contributed by atoms with Crippen molar-refractivity contribution in [3.8, 4) is 0 Å². The van der Waals surface area contributed by atoms with Crippen LogP contribution in [0.15, 0.2) is 35.1 Å². The number of anilines is 2. The summed E-state index contributed by atoms with van der Waals surface area (Å²) >= 11 is 3.59. The van der Waals surface area contributed by atoms with Gasteiger partial charge in [0.25, 0.3) is 0 Å². The number of hydrogen-bond acceptors (Lipinski definition) is 5. The zero-order valence-corrected chi connectivity index (χ0v) is 17.7. The van der Waals surface area contributed by atoms with Gasteiger partial charge in [0.2, 0.25) is 5.95 Å². The van der Waals surface area contributed by atoms with Gasteiger partial charge in [0.15, 0.2) is 21.7 Å². The maximum absolute atomic E-state index is 6.18. The molecule has 1 saturated carbocycles. The molecule has 3 aromatic rings. The first kappa shape index (κ1) is 19.2. The molecule has 1 aliphatic carbocycles. The van der Waals surface area contributed by atoms with Crippen LogP contribution in [0.1, 0.15) is 44.1 Å². The first-order valence-corrected chi connectivity index (χ1v) is 11.0. The molecule has 3 N–H and O–H groups in total. The number of nitrogens with one attached hydrogen (secondary N) is 1. The van der Waals surface area contributed by atoms with Crippen LogP contribution in [0.3, 0.4) is 0 Å². The summed E-state index contributed by atoms with van der Waals surface area (Å²) in [6, 6.07) is 10.5. The standard InChI is InChI=1S/C21H27BrN6/c22-20-25-17-18(23)26-21(24-13-7-12-15-8-3-1-4-9-15)27-19(17)28(20)14-16-10-5-2-6-11-16/h1,3-4,8-9,16H,2,5-7,10-14H2,(H3,23,24,26,27). The minimum Gasteiger partial charge on any atom is -0.382 e. The van der Waals surface area contributed by atoms with Crippen LogP contribution in [0, 0.1) is 5.92 Å². The molecule has 2 aromatic heterocycles. The molecule has 1 aromatic carbocycles. The van der Waals surface area contributed by atoms with Gasteiger partial charge in [-0.3, -0.25) is 0 Å². The van der Waals surface area contributed by atoms with Crippen LogP contribution >= 0.6 is 15.9 Å². The lowest BCUT2D eigenvalue weighted by Crippen LogP contribution is -2.15. The quantitative estimate of drug-likeness (QED) is 0.405. The van der Waals surface area contributed by atoms with Crippen molar-refractivity contribution in [2.45, 2.75) is 51.5 Å². The number of aromatic nitrogens is 4. The Kier molecular flexibility index (Phi) is 6.10. The van der Waals surface area contributed by atoms with E-state index in [4.69, 9.17) is 10.7 Å². The predicted molar refractivity (Wildman–Crippen MR) is 117 cm³/mol. The summed E-state index contributed by atoms with van der Waals surface area (Å²) in [6.45, 7) is 1.73. The maximum atomic E-state index is 6.18. The van der Waals surface area contributed by atoms with E-state index in [9.17, 15) is 0 Å². The first-order valence-electron chi connectivity index (χ1n) is 10.2. The molecule has 0 spiro atoms. The molecule has 0 aliphatic heterocycles. The number of nitrogens with two attached hydrogens (primary N) is 1. The third kappa shape index (κ3) is 4.46. The normalized spacial score (nSPS) is 15.2. The second-order valence-corrected chi connectivity index (χ2v) is 8.33. The predicted octanol–water partition coefficient (Wildman–Crippen LogP) is 4.80. The van der Waals surface area contributed by atoms with Crippen molar-refractivity contribution in [2.75, 3.05) is 17.6 Å². The van der Waals surface area contributed by atoms with Gasteiger partial charge in [-0.25, -0.2) is 4.98 Å². The Morgan fingerprint density at radius 2 is 1.86 bits per heavy atom. The third-order valence-electron chi connectivity index (χ3n) is 5.51. The van der Waals surface area contributed by atoms with Gasteiger partial charge in [-0.2, -0.15) is 9.97 Å². The fraction of sp³-hybridized carbons (Fsp3) is 0.476. The molecule has 0 saturated heterocycles. The molecule has 1 aliphatic rings. The summed E-state index contributed by atoms with van der Waals surface area (Å²) in [5.41, 5.74) is 9.02. The summed E-state index contributed by atoms with van der Waals surface area (Å²) in [5, 5.41) is 3.33. The van der Waals surface area contributed by atoms with Crippen LogP contribution < -0.4 is 11.1 Å². The van der Waals surface area contributed by atoms with Gasteiger partial charge >= 0.3 is 0 Å². The van der Waals surface area contributed by atoms with E-state index in [0.717, 1.165) is 36.3 Å². The van der Waals surface area contributed by atoms with Gasteiger partial charge in [-0.15, -0.1) is 0 Å². The zero-order chi connectivity index (χ0) is 19.3. The van der Waals surface area contributed by atoms with Gasteiger partial charge in [0.1, 0.15) is 0 Å². The molecule has 0 amide bonds. The molecule has 7 heteroatoms. The SMILES string of the molecule is Nc1nc(NCCCc2ccccc2)nc2c1nc(Br)n2CC1CCCCC1. The molecule has 0 bridgehead atoms. The highest BCUT2D eigenvalue weighted by Crippen LogP contribution is 2.29. The van der Waals surface area contributed by atoms with Crippen LogP contribution in [0.2, 0.25) is 0 Å². The topological polar surface area (TPSA) is 81.7 Å². The van der Waals surface area contributed by atoms with Gasteiger partial charge in [-0.05, 0) is 53.1 Å². The van der Waals surface area contributed by atoms with Crippen LogP contribution in [-0.4, -0.2) is 26.1 Å². The molecule has 6 nitrogen and oxygen atoms in total. The van der Waals surface area contributed by atoms with Crippen LogP contribution in [0.5, 0.6) is 0 Å². The summed E-state index contributed by atoms with van der Waals surface area (Å²) < 4.78 is 2.94. The maximum Gasteiger partial charge on any atom is 0.226 e. The Balaban J connectivity index is 1.45. The Morgan fingerprint density at radius 1 is 1.07 bits per heavy atom. The number of rotatable bonds is 7. The van der Waals surface area contributed by atoms with Crippen LogP contribution in [-0.2, 0) is 13.0 Å². The minimum absolute atomic E-state index is 0.429. The van der Waals surface area contributed by atoms with Crippen molar-refractivity contribution in [1.29, 1.82) is 0 Å². The second kappa shape index (κ2) is 8.90. The highest BCUT2D eigenvalue weighted by molar-refractivity contribution is 9.10. The minimum atomic E-state index is 0.429. The Bertz CT molecular complexity index is 918. The number of halogens is 1. The van der Waals surface area contributed by atoms with Crippen molar-refractivity contribution >= 4 is 38.9 Å². The fourth-order valence-corrected chi connectivity index (χ4v) is 4.49. The first-order chi connectivity index (χ1) is 13.7. The number of fused-ring (bicyclic) bond motifs is 1. The highest BCUT2D eigenvalue weighted by atomic mass is 79.9. The van der Waals surface area contributed by atoms with Crippen molar-refractivity contribution in [1.82, 2.24) is 19.5 Å². The molecule has 1 fully saturated rings. The average Bonchev–Trinajstić information content (AvgIpc) is 3.03. The van der Waals surface area contributed by atoms with E-state index in [1.807, 2.05) is 6.07 Å². The van der Waals surface area contributed by atoms with E-state index in [0.29, 0.717) is 23.2 Å². The van der Waals surface area contributed by atoms with Gasteiger partial charge in [0.05, 0.1) is 0 Å². The number of aryl methyl sites for hydroxylation is 1. The number of hydrogen-bond donors (Lipinski definition) is 2. The highest BCUT2D eigenvalue weighted by Gasteiger charge is 2.20.